The van der Waals surface area contributed by atoms with Crippen LogP contribution in [0.1, 0.15) is 49.0 Å². The predicted molar refractivity (Wildman–Crippen MR) is 125 cm³/mol. The SMILES string of the molecule is Cc1ccc(S(=O)(=O)Nc2ccc(C(=O)N3CCCC3C(=O)NCCC(C)C)cc2)cc1. The van der Waals surface area contributed by atoms with Crippen molar-refractivity contribution in [1.82, 2.24) is 10.2 Å². The molecule has 1 aliphatic rings. The van der Waals surface area contributed by atoms with Gasteiger partial charge in [0.05, 0.1) is 4.90 Å². The molecule has 0 aromatic heterocycles. The molecule has 32 heavy (non-hydrogen) atoms. The number of nitrogens with zero attached hydrogens (tertiary/aromatic N) is 1. The Hall–Kier alpha value is -2.87. The van der Waals surface area contributed by atoms with E-state index in [0.717, 1.165) is 18.4 Å². The van der Waals surface area contributed by atoms with Gasteiger partial charge >= 0.3 is 0 Å². The molecule has 0 aliphatic carbocycles. The third kappa shape index (κ3) is 5.88. The van der Waals surface area contributed by atoms with Crippen molar-refractivity contribution >= 4 is 27.5 Å². The number of likely N-dealkylation sites (tertiary alicyclic amines) is 1. The normalized spacial score (nSPS) is 16.2. The third-order valence-corrected chi connectivity index (χ3v) is 6.95. The molecule has 2 N–H and O–H groups in total. The van der Waals surface area contributed by atoms with Crippen molar-refractivity contribution in [3.8, 4) is 0 Å². The highest BCUT2D eigenvalue weighted by molar-refractivity contribution is 7.92. The molecule has 172 valence electrons. The molecule has 0 radical (unpaired) electrons. The smallest absolute Gasteiger partial charge is 0.261 e. The second-order valence-electron chi connectivity index (χ2n) is 8.63. The Kier molecular flexibility index (Phi) is 7.56. The minimum Gasteiger partial charge on any atom is -0.354 e. The van der Waals surface area contributed by atoms with Crippen molar-refractivity contribution < 1.29 is 18.0 Å². The number of hydrogen-bond acceptors (Lipinski definition) is 4. The van der Waals surface area contributed by atoms with Gasteiger partial charge in [-0.25, -0.2) is 8.42 Å². The van der Waals surface area contributed by atoms with E-state index in [1.165, 1.54) is 0 Å². The summed E-state index contributed by atoms with van der Waals surface area (Å²) in [5, 5.41) is 2.94. The Morgan fingerprint density at radius 3 is 2.34 bits per heavy atom. The van der Waals surface area contributed by atoms with Crippen LogP contribution < -0.4 is 10.0 Å². The number of nitrogens with one attached hydrogen (secondary N) is 2. The van der Waals surface area contributed by atoms with Crippen LogP contribution in [0.15, 0.2) is 53.4 Å². The maximum Gasteiger partial charge on any atom is 0.261 e. The van der Waals surface area contributed by atoms with Crippen molar-refractivity contribution in [2.45, 2.75) is 51.0 Å². The Labute approximate surface area is 190 Å². The summed E-state index contributed by atoms with van der Waals surface area (Å²) in [7, 11) is -3.71. The average Bonchev–Trinajstić information content (AvgIpc) is 3.23. The number of rotatable bonds is 8. The molecule has 1 fully saturated rings. The average molecular weight is 458 g/mol. The molecule has 0 spiro atoms. The number of carbonyl (C=O) groups is 2. The van der Waals surface area contributed by atoms with E-state index in [-0.39, 0.29) is 16.7 Å². The molecule has 0 bridgehead atoms. The molecule has 1 atom stereocenters. The molecule has 7 nitrogen and oxygen atoms in total. The highest BCUT2D eigenvalue weighted by atomic mass is 32.2. The van der Waals surface area contributed by atoms with Crippen LogP contribution in [0.4, 0.5) is 5.69 Å². The topological polar surface area (TPSA) is 95.6 Å². The number of hydrogen-bond donors (Lipinski definition) is 2. The van der Waals surface area contributed by atoms with Crippen LogP contribution in [0, 0.1) is 12.8 Å². The van der Waals surface area contributed by atoms with Gasteiger partial charge in [0.15, 0.2) is 0 Å². The summed E-state index contributed by atoms with van der Waals surface area (Å²) in [6.45, 7) is 7.22. The third-order valence-electron chi connectivity index (χ3n) is 5.55. The first kappa shape index (κ1) is 23.8. The molecular formula is C24H31N3O4S. The standard InChI is InChI=1S/C24H31N3O4S/c1-17(2)14-15-25-23(28)22-5-4-16-27(22)24(29)19-8-10-20(11-9-19)26-32(30,31)21-12-6-18(3)7-13-21/h6-13,17,22,26H,4-5,14-16H2,1-3H3,(H,25,28). The molecule has 1 heterocycles. The molecule has 1 saturated heterocycles. The lowest BCUT2D eigenvalue weighted by Crippen LogP contribution is -2.46. The molecule has 8 heteroatoms. The fourth-order valence-electron chi connectivity index (χ4n) is 3.66. The van der Waals surface area contributed by atoms with Gasteiger partial charge in [0.1, 0.15) is 6.04 Å². The van der Waals surface area contributed by atoms with Crippen molar-refractivity contribution in [2.24, 2.45) is 5.92 Å². The van der Waals surface area contributed by atoms with Gasteiger partial charge in [0, 0.05) is 24.3 Å². The van der Waals surface area contributed by atoms with E-state index >= 15 is 0 Å². The van der Waals surface area contributed by atoms with Crippen LogP contribution in [0.3, 0.4) is 0 Å². The van der Waals surface area contributed by atoms with Crippen LogP contribution in [0.25, 0.3) is 0 Å². The highest BCUT2D eigenvalue weighted by Gasteiger charge is 2.34. The number of amides is 2. The van der Waals surface area contributed by atoms with E-state index in [0.29, 0.717) is 36.7 Å². The number of sulfonamides is 1. The predicted octanol–water partition coefficient (Wildman–Crippen LogP) is 3.56. The molecule has 2 amide bonds. The van der Waals surface area contributed by atoms with E-state index in [4.69, 9.17) is 0 Å². The fourth-order valence-corrected chi connectivity index (χ4v) is 4.72. The zero-order chi connectivity index (χ0) is 23.3. The summed E-state index contributed by atoms with van der Waals surface area (Å²) < 4.78 is 27.6. The largest absolute Gasteiger partial charge is 0.354 e. The number of benzene rings is 2. The van der Waals surface area contributed by atoms with Crippen LogP contribution in [-0.4, -0.2) is 44.3 Å². The van der Waals surface area contributed by atoms with Gasteiger partial charge in [0.25, 0.3) is 15.9 Å². The molecule has 1 unspecified atom stereocenters. The maximum atomic E-state index is 13.0. The molecule has 0 saturated carbocycles. The van der Waals surface area contributed by atoms with Gasteiger partial charge in [0.2, 0.25) is 5.91 Å². The monoisotopic (exact) mass is 457 g/mol. The number of aryl methyl sites for hydroxylation is 1. The van der Waals surface area contributed by atoms with Gasteiger partial charge < -0.3 is 10.2 Å². The van der Waals surface area contributed by atoms with Crippen LogP contribution in [-0.2, 0) is 14.8 Å². The second kappa shape index (κ2) is 10.2. The summed E-state index contributed by atoms with van der Waals surface area (Å²) in [5.74, 6) is 0.164. The minimum absolute atomic E-state index is 0.112. The van der Waals surface area contributed by atoms with Gasteiger partial charge in [-0.1, -0.05) is 31.5 Å². The summed E-state index contributed by atoms with van der Waals surface area (Å²) in [5.41, 5.74) is 1.76. The zero-order valence-electron chi connectivity index (χ0n) is 18.8. The first-order valence-electron chi connectivity index (χ1n) is 11.0. The van der Waals surface area contributed by atoms with Crippen molar-refractivity contribution in [3.05, 3.63) is 59.7 Å². The van der Waals surface area contributed by atoms with Gasteiger partial charge in [-0.05, 0) is 68.5 Å². The first-order chi connectivity index (χ1) is 15.2. The summed E-state index contributed by atoms with van der Waals surface area (Å²) >= 11 is 0. The highest BCUT2D eigenvalue weighted by Crippen LogP contribution is 2.22. The lowest BCUT2D eigenvalue weighted by molar-refractivity contribution is -0.124. The second-order valence-corrected chi connectivity index (χ2v) is 10.3. The van der Waals surface area contributed by atoms with Crippen LogP contribution in [0.5, 0.6) is 0 Å². The van der Waals surface area contributed by atoms with E-state index in [1.807, 2.05) is 6.92 Å². The number of anilines is 1. The molecule has 1 aliphatic heterocycles. The van der Waals surface area contributed by atoms with Gasteiger partial charge in [-0.3, -0.25) is 14.3 Å². The van der Waals surface area contributed by atoms with E-state index in [1.54, 1.807) is 53.4 Å². The van der Waals surface area contributed by atoms with Crippen LogP contribution >= 0.6 is 0 Å². The fraction of sp³-hybridized carbons (Fsp3) is 0.417. The summed E-state index contributed by atoms with van der Waals surface area (Å²) in [6, 6.07) is 12.4. The van der Waals surface area contributed by atoms with E-state index in [2.05, 4.69) is 23.9 Å². The van der Waals surface area contributed by atoms with Crippen molar-refractivity contribution in [2.75, 3.05) is 17.8 Å². The summed E-state index contributed by atoms with van der Waals surface area (Å²) in [4.78, 5) is 27.3. The lowest BCUT2D eigenvalue weighted by atomic mass is 10.1. The lowest BCUT2D eigenvalue weighted by Gasteiger charge is -2.24. The van der Waals surface area contributed by atoms with Crippen molar-refractivity contribution in [1.29, 1.82) is 0 Å². The number of carbonyl (C=O) groups excluding carboxylic acids is 2. The molecule has 2 aromatic rings. The summed E-state index contributed by atoms with van der Waals surface area (Å²) in [6.07, 6.45) is 2.32. The molecular weight excluding hydrogens is 426 g/mol. The quantitative estimate of drug-likeness (QED) is 0.634. The van der Waals surface area contributed by atoms with Crippen molar-refractivity contribution in [3.63, 3.8) is 0 Å². The Balaban J connectivity index is 1.65. The molecule has 2 aromatic carbocycles. The van der Waals surface area contributed by atoms with E-state index in [9.17, 15) is 18.0 Å². The van der Waals surface area contributed by atoms with Gasteiger partial charge in [-0.15, -0.1) is 0 Å². The first-order valence-corrected chi connectivity index (χ1v) is 12.4. The zero-order valence-corrected chi connectivity index (χ0v) is 19.6. The Morgan fingerprint density at radius 2 is 1.72 bits per heavy atom. The van der Waals surface area contributed by atoms with Gasteiger partial charge in [-0.2, -0.15) is 0 Å². The molecule has 3 rings (SSSR count). The van der Waals surface area contributed by atoms with Crippen LogP contribution in [0.2, 0.25) is 0 Å². The Bertz CT molecular complexity index is 1050. The maximum absolute atomic E-state index is 13.0. The minimum atomic E-state index is -3.71. The van der Waals surface area contributed by atoms with E-state index < -0.39 is 16.1 Å². The Morgan fingerprint density at radius 1 is 1.06 bits per heavy atom.